The number of para-hydroxylation sites is 1. The molecular formula is C16H22N2O. The van der Waals surface area contributed by atoms with Crippen molar-refractivity contribution in [3.63, 3.8) is 0 Å². The van der Waals surface area contributed by atoms with E-state index in [2.05, 4.69) is 41.6 Å². The Balaban J connectivity index is 1.84. The van der Waals surface area contributed by atoms with Crippen LogP contribution in [0.3, 0.4) is 0 Å². The first-order chi connectivity index (χ1) is 9.20. The summed E-state index contributed by atoms with van der Waals surface area (Å²) in [6.07, 6.45) is 5.47. The lowest BCUT2D eigenvalue weighted by Gasteiger charge is -2.10. The first-order valence-electron chi connectivity index (χ1n) is 7.05. The molecule has 2 N–H and O–H groups in total. The largest absolute Gasteiger partial charge is 0.361 e. The number of H-pyrrole nitrogens is 1. The highest BCUT2D eigenvalue weighted by Crippen LogP contribution is 2.19. The topological polar surface area (TPSA) is 44.9 Å². The normalized spacial score (nSPS) is 12.5. The molecule has 19 heavy (non-hydrogen) atoms. The zero-order chi connectivity index (χ0) is 13.7. The van der Waals surface area contributed by atoms with Crippen LogP contribution in [0.2, 0.25) is 0 Å². The molecule has 1 unspecified atom stereocenters. The monoisotopic (exact) mass is 258 g/mol. The van der Waals surface area contributed by atoms with Gasteiger partial charge in [0, 0.05) is 29.6 Å². The minimum Gasteiger partial charge on any atom is -0.361 e. The molecule has 1 aromatic carbocycles. The Hall–Kier alpha value is -1.77. The van der Waals surface area contributed by atoms with Crippen molar-refractivity contribution in [2.75, 3.05) is 0 Å². The van der Waals surface area contributed by atoms with E-state index < -0.39 is 0 Å². The lowest BCUT2D eigenvalue weighted by Crippen LogP contribution is -2.31. The van der Waals surface area contributed by atoms with Crippen molar-refractivity contribution in [2.45, 2.75) is 45.6 Å². The molecule has 102 valence electrons. The molecule has 1 atom stereocenters. The first kappa shape index (κ1) is 13.7. The maximum absolute atomic E-state index is 11.7. The van der Waals surface area contributed by atoms with Crippen LogP contribution in [0.15, 0.2) is 30.5 Å². The van der Waals surface area contributed by atoms with Crippen LogP contribution in [0, 0.1) is 0 Å². The molecule has 1 heterocycles. The van der Waals surface area contributed by atoms with Crippen molar-refractivity contribution < 1.29 is 4.79 Å². The van der Waals surface area contributed by atoms with E-state index in [0.29, 0.717) is 6.42 Å². The minimum atomic E-state index is 0.161. The Bertz CT molecular complexity index is 544. The highest BCUT2D eigenvalue weighted by molar-refractivity contribution is 5.83. The summed E-state index contributed by atoms with van der Waals surface area (Å²) in [6.45, 7) is 4.12. The van der Waals surface area contributed by atoms with Gasteiger partial charge in [0.2, 0.25) is 5.91 Å². The highest BCUT2D eigenvalue weighted by atomic mass is 16.1. The molecule has 0 saturated heterocycles. The van der Waals surface area contributed by atoms with E-state index in [4.69, 9.17) is 0 Å². The minimum absolute atomic E-state index is 0.161. The number of carbonyl (C=O) groups is 1. The Kier molecular flexibility index (Phi) is 4.61. The molecule has 3 nitrogen and oxygen atoms in total. The van der Waals surface area contributed by atoms with Crippen LogP contribution in [-0.4, -0.2) is 16.9 Å². The van der Waals surface area contributed by atoms with E-state index in [0.717, 1.165) is 19.3 Å². The van der Waals surface area contributed by atoms with Gasteiger partial charge in [-0.3, -0.25) is 4.79 Å². The lowest BCUT2D eigenvalue weighted by molar-refractivity contribution is -0.121. The molecule has 0 aliphatic carbocycles. The molecule has 0 bridgehead atoms. The van der Waals surface area contributed by atoms with Gasteiger partial charge in [0.25, 0.3) is 0 Å². The quantitative estimate of drug-likeness (QED) is 0.819. The number of hydrogen-bond acceptors (Lipinski definition) is 1. The fourth-order valence-corrected chi connectivity index (χ4v) is 2.23. The fourth-order valence-electron chi connectivity index (χ4n) is 2.23. The third-order valence-corrected chi connectivity index (χ3v) is 3.54. The first-order valence-corrected chi connectivity index (χ1v) is 7.05. The van der Waals surface area contributed by atoms with Gasteiger partial charge in [-0.05, 0) is 37.8 Å². The predicted octanol–water partition coefficient (Wildman–Crippen LogP) is 3.41. The third kappa shape index (κ3) is 3.60. The molecule has 1 amide bonds. The molecule has 0 fully saturated rings. The molecule has 0 radical (unpaired) electrons. The lowest BCUT2D eigenvalue weighted by atomic mass is 10.1. The second-order valence-electron chi connectivity index (χ2n) is 5.09. The van der Waals surface area contributed by atoms with E-state index in [-0.39, 0.29) is 11.9 Å². The highest BCUT2D eigenvalue weighted by Gasteiger charge is 2.07. The number of aryl methyl sites for hydroxylation is 1. The second-order valence-corrected chi connectivity index (χ2v) is 5.09. The predicted molar refractivity (Wildman–Crippen MR) is 79.1 cm³/mol. The van der Waals surface area contributed by atoms with E-state index in [1.165, 1.54) is 16.5 Å². The van der Waals surface area contributed by atoms with Crippen LogP contribution in [0.1, 0.15) is 38.7 Å². The zero-order valence-electron chi connectivity index (χ0n) is 11.7. The van der Waals surface area contributed by atoms with Gasteiger partial charge < -0.3 is 10.3 Å². The Morgan fingerprint density at radius 1 is 1.37 bits per heavy atom. The summed E-state index contributed by atoms with van der Waals surface area (Å²) in [5.74, 6) is 0.161. The van der Waals surface area contributed by atoms with Gasteiger partial charge in [0.05, 0.1) is 0 Å². The number of aromatic amines is 1. The van der Waals surface area contributed by atoms with Gasteiger partial charge in [-0.25, -0.2) is 0 Å². The van der Waals surface area contributed by atoms with Crippen LogP contribution < -0.4 is 5.32 Å². The van der Waals surface area contributed by atoms with Crippen molar-refractivity contribution in [2.24, 2.45) is 0 Å². The summed E-state index contributed by atoms with van der Waals surface area (Å²) in [4.78, 5) is 15.0. The Labute approximate surface area is 114 Å². The summed E-state index contributed by atoms with van der Waals surface area (Å²) in [7, 11) is 0. The molecule has 1 aromatic heterocycles. The van der Waals surface area contributed by atoms with E-state index >= 15 is 0 Å². The number of carbonyl (C=O) groups excluding carboxylic acids is 1. The average Bonchev–Trinajstić information content (AvgIpc) is 2.82. The smallest absolute Gasteiger partial charge is 0.220 e. The van der Waals surface area contributed by atoms with Crippen molar-refractivity contribution >= 4 is 16.8 Å². The number of nitrogens with one attached hydrogen (secondary N) is 2. The number of fused-ring (bicyclic) bond motifs is 1. The number of benzene rings is 1. The summed E-state index contributed by atoms with van der Waals surface area (Å²) >= 11 is 0. The van der Waals surface area contributed by atoms with Crippen molar-refractivity contribution in [1.82, 2.24) is 10.3 Å². The summed E-state index contributed by atoms with van der Waals surface area (Å²) in [6, 6.07) is 8.56. The van der Waals surface area contributed by atoms with Gasteiger partial charge >= 0.3 is 0 Å². The van der Waals surface area contributed by atoms with Crippen LogP contribution in [0.5, 0.6) is 0 Å². The van der Waals surface area contributed by atoms with Crippen molar-refractivity contribution in [3.8, 4) is 0 Å². The number of hydrogen-bond donors (Lipinski definition) is 2. The SMILES string of the molecule is CCC(C)NC(=O)CCCc1c[nH]c2ccccc12. The molecule has 0 saturated carbocycles. The molecule has 2 rings (SSSR count). The standard InChI is InChI=1S/C16H22N2O/c1-3-12(2)18-16(19)10-6-7-13-11-17-15-9-5-4-8-14(13)15/h4-5,8-9,11-12,17H,3,6-7,10H2,1-2H3,(H,18,19). The van der Waals surface area contributed by atoms with Gasteiger partial charge in [0.15, 0.2) is 0 Å². The average molecular weight is 258 g/mol. The van der Waals surface area contributed by atoms with Crippen LogP contribution in [0.25, 0.3) is 10.9 Å². The van der Waals surface area contributed by atoms with Crippen LogP contribution in [-0.2, 0) is 11.2 Å². The maximum atomic E-state index is 11.7. The van der Waals surface area contributed by atoms with Crippen molar-refractivity contribution in [3.05, 3.63) is 36.0 Å². The van der Waals surface area contributed by atoms with E-state index in [1.54, 1.807) is 0 Å². The van der Waals surface area contributed by atoms with E-state index in [9.17, 15) is 4.79 Å². The number of rotatable bonds is 6. The summed E-state index contributed by atoms with van der Waals surface area (Å²) < 4.78 is 0. The Morgan fingerprint density at radius 2 is 2.16 bits per heavy atom. The molecule has 0 spiro atoms. The summed E-state index contributed by atoms with van der Waals surface area (Å²) in [5.41, 5.74) is 2.47. The molecule has 0 aliphatic heterocycles. The Morgan fingerprint density at radius 3 is 2.95 bits per heavy atom. The molecule has 3 heteroatoms. The van der Waals surface area contributed by atoms with Crippen LogP contribution >= 0.6 is 0 Å². The van der Waals surface area contributed by atoms with Gasteiger partial charge in [-0.1, -0.05) is 25.1 Å². The van der Waals surface area contributed by atoms with Gasteiger partial charge in [0.1, 0.15) is 0 Å². The van der Waals surface area contributed by atoms with Gasteiger partial charge in [-0.2, -0.15) is 0 Å². The zero-order valence-corrected chi connectivity index (χ0v) is 11.7. The molecule has 2 aromatic rings. The van der Waals surface area contributed by atoms with Gasteiger partial charge in [-0.15, -0.1) is 0 Å². The number of aromatic nitrogens is 1. The maximum Gasteiger partial charge on any atom is 0.220 e. The third-order valence-electron chi connectivity index (χ3n) is 3.54. The van der Waals surface area contributed by atoms with E-state index in [1.807, 2.05) is 13.0 Å². The van der Waals surface area contributed by atoms with Crippen molar-refractivity contribution in [1.29, 1.82) is 0 Å². The molecule has 0 aliphatic rings. The van der Waals surface area contributed by atoms with Crippen LogP contribution in [0.4, 0.5) is 0 Å². The fraction of sp³-hybridized carbons (Fsp3) is 0.438. The molecular weight excluding hydrogens is 236 g/mol. The number of amides is 1. The summed E-state index contributed by atoms with van der Waals surface area (Å²) in [5, 5.41) is 4.27. The second kappa shape index (κ2) is 6.41.